The van der Waals surface area contributed by atoms with Crippen molar-refractivity contribution in [1.29, 1.82) is 0 Å². The Kier molecular flexibility index (Phi) is 3.59. The normalized spacial score (nSPS) is 10.6. The minimum Gasteiger partial charge on any atom is -0.298 e. The molecule has 4 heteroatoms. The average Bonchev–Trinajstić information content (AvgIpc) is 2.89. The van der Waals surface area contributed by atoms with E-state index < -0.39 is 0 Å². The minimum atomic E-state index is 0.645. The maximum atomic E-state index is 10.8. The maximum absolute atomic E-state index is 10.8. The first kappa shape index (κ1) is 13.6. The van der Waals surface area contributed by atoms with Gasteiger partial charge >= 0.3 is 0 Å². The summed E-state index contributed by atoms with van der Waals surface area (Å²) >= 11 is 6.27. The lowest BCUT2D eigenvalue weighted by Crippen LogP contribution is -2.00. The van der Waals surface area contributed by atoms with E-state index >= 15 is 0 Å². The van der Waals surface area contributed by atoms with Crippen LogP contribution >= 0.6 is 11.6 Å². The summed E-state index contributed by atoms with van der Waals surface area (Å²) in [5, 5.41) is 5.17. The summed E-state index contributed by atoms with van der Waals surface area (Å²) in [6.07, 6.45) is 0.834. The van der Waals surface area contributed by atoms with Crippen molar-refractivity contribution in [2.45, 2.75) is 6.92 Å². The Labute approximate surface area is 127 Å². The summed E-state index contributed by atoms with van der Waals surface area (Å²) < 4.78 is 1.83. The van der Waals surface area contributed by atoms with Crippen LogP contribution in [0.5, 0.6) is 0 Å². The van der Waals surface area contributed by atoms with Crippen molar-refractivity contribution in [3.63, 3.8) is 0 Å². The first-order valence-electron chi connectivity index (χ1n) is 6.56. The molecule has 0 fully saturated rings. The fourth-order valence-electron chi connectivity index (χ4n) is 2.24. The van der Waals surface area contributed by atoms with Crippen molar-refractivity contribution in [2.24, 2.45) is 0 Å². The molecule has 0 amide bonds. The van der Waals surface area contributed by atoms with Crippen LogP contribution < -0.4 is 0 Å². The molecule has 0 bridgehead atoms. The van der Waals surface area contributed by atoms with Crippen molar-refractivity contribution in [2.75, 3.05) is 0 Å². The summed E-state index contributed by atoms with van der Waals surface area (Å²) in [6.45, 7) is 1.94. The molecule has 1 heterocycles. The third-order valence-corrected chi connectivity index (χ3v) is 3.57. The Morgan fingerprint density at radius 2 is 1.81 bits per heavy atom. The molecular weight excluding hydrogens is 284 g/mol. The second-order valence-corrected chi connectivity index (χ2v) is 5.18. The van der Waals surface area contributed by atoms with Gasteiger partial charge in [0.05, 0.1) is 22.1 Å². The van der Waals surface area contributed by atoms with Crippen molar-refractivity contribution >= 4 is 17.9 Å². The van der Waals surface area contributed by atoms with E-state index in [9.17, 15) is 4.79 Å². The molecule has 3 nitrogen and oxygen atoms in total. The van der Waals surface area contributed by atoms with Crippen LogP contribution in [0.15, 0.2) is 54.6 Å². The summed E-state index contributed by atoms with van der Waals surface area (Å²) in [5.74, 6) is 0. The zero-order valence-electron chi connectivity index (χ0n) is 11.5. The number of carbonyl (C=O) groups excluding carboxylic acids is 1. The monoisotopic (exact) mass is 296 g/mol. The second-order valence-electron chi connectivity index (χ2n) is 4.77. The Morgan fingerprint density at radius 1 is 1.10 bits per heavy atom. The van der Waals surface area contributed by atoms with Crippen molar-refractivity contribution < 1.29 is 4.79 Å². The van der Waals surface area contributed by atoms with Crippen molar-refractivity contribution in [1.82, 2.24) is 9.78 Å². The number of benzene rings is 2. The van der Waals surface area contributed by atoms with E-state index in [1.807, 2.05) is 54.1 Å². The largest absolute Gasteiger partial charge is 0.298 e. The van der Waals surface area contributed by atoms with Crippen LogP contribution in [-0.4, -0.2) is 16.1 Å². The standard InChI is InChI=1S/C17H13ClN2O/c1-12-10-17(14-8-6-13(11-21)7-9-14)20(19-12)16-5-3-2-4-15(16)18/h2-11H,1H3. The SMILES string of the molecule is Cc1cc(-c2ccc(C=O)cc2)n(-c2ccccc2Cl)n1. The van der Waals surface area contributed by atoms with Gasteiger partial charge in [0.1, 0.15) is 6.29 Å². The number of aryl methyl sites for hydroxylation is 1. The van der Waals surface area contributed by atoms with Gasteiger partial charge in [0.25, 0.3) is 0 Å². The molecule has 0 unspecified atom stereocenters. The smallest absolute Gasteiger partial charge is 0.150 e. The predicted molar refractivity (Wildman–Crippen MR) is 84.1 cm³/mol. The van der Waals surface area contributed by atoms with E-state index in [0.29, 0.717) is 10.6 Å². The van der Waals surface area contributed by atoms with Gasteiger partial charge in [-0.3, -0.25) is 4.79 Å². The van der Waals surface area contributed by atoms with E-state index in [4.69, 9.17) is 11.6 Å². The number of rotatable bonds is 3. The van der Waals surface area contributed by atoms with Gasteiger partial charge in [0.15, 0.2) is 0 Å². The molecule has 2 aromatic carbocycles. The Hall–Kier alpha value is -2.39. The lowest BCUT2D eigenvalue weighted by atomic mass is 10.1. The number of aldehydes is 1. The van der Waals surface area contributed by atoms with Gasteiger partial charge in [-0.15, -0.1) is 0 Å². The first-order valence-corrected chi connectivity index (χ1v) is 6.94. The van der Waals surface area contributed by atoms with Crippen LogP contribution in [0.2, 0.25) is 5.02 Å². The van der Waals surface area contributed by atoms with Gasteiger partial charge in [-0.2, -0.15) is 5.10 Å². The van der Waals surface area contributed by atoms with Gasteiger partial charge in [0, 0.05) is 11.1 Å². The van der Waals surface area contributed by atoms with E-state index in [2.05, 4.69) is 5.10 Å². The Morgan fingerprint density at radius 3 is 2.48 bits per heavy atom. The Balaban J connectivity index is 2.15. The quantitative estimate of drug-likeness (QED) is 0.675. The average molecular weight is 297 g/mol. The number of carbonyl (C=O) groups is 1. The molecular formula is C17H13ClN2O. The molecule has 0 saturated carbocycles. The van der Waals surface area contributed by atoms with Crippen molar-refractivity contribution in [3.8, 4) is 16.9 Å². The molecule has 3 aromatic rings. The van der Waals surface area contributed by atoms with Gasteiger partial charge < -0.3 is 0 Å². The van der Waals surface area contributed by atoms with Gasteiger partial charge in [-0.1, -0.05) is 48.0 Å². The first-order chi connectivity index (χ1) is 10.2. The van der Waals surface area contributed by atoms with Gasteiger partial charge in [0.2, 0.25) is 0 Å². The molecule has 0 aliphatic rings. The number of halogens is 1. The zero-order chi connectivity index (χ0) is 14.8. The minimum absolute atomic E-state index is 0.645. The van der Waals surface area contributed by atoms with Crippen LogP contribution in [0, 0.1) is 6.92 Å². The molecule has 0 saturated heterocycles. The van der Waals surface area contributed by atoms with E-state index in [1.54, 1.807) is 12.1 Å². The van der Waals surface area contributed by atoms with Crippen LogP contribution in [0.25, 0.3) is 16.9 Å². The lowest BCUT2D eigenvalue weighted by Gasteiger charge is -2.09. The third-order valence-electron chi connectivity index (χ3n) is 3.25. The number of nitrogens with zero attached hydrogens (tertiary/aromatic N) is 2. The fourth-order valence-corrected chi connectivity index (χ4v) is 2.46. The van der Waals surface area contributed by atoms with Crippen LogP contribution in [0.4, 0.5) is 0 Å². The number of para-hydroxylation sites is 1. The van der Waals surface area contributed by atoms with Crippen LogP contribution in [0.1, 0.15) is 16.1 Å². The maximum Gasteiger partial charge on any atom is 0.150 e. The molecule has 0 aliphatic carbocycles. The highest BCUT2D eigenvalue weighted by Gasteiger charge is 2.12. The van der Waals surface area contributed by atoms with Gasteiger partial charge in [-0.25, -0.2) is 4.68 Å². The summed E-state index contributed by atoms with van der Waals surface area (Å²) in [4.78, 5) is 10.8. The molecule has 3 rings (SSSR count). The Bertz CT molecular complexity index is 791. The molecule has 0 atom stereocenters. The number of hydrogen-bond donors (Lipinski definition) is 0. The third kappa shape index (κ3) is 2.60. The molecule has 0 aliphatic heterocycles. The molecule has 21 heavy (non-hydrogen) atoms. The molecule has 0 radical (unpaired) electrons. The second kappa shape index (κ2) is 5.54. The highest BCUT2D eigenvalue weighted by Crippen LogP contribution is 2.27. The highest BCUT2D eigenvalue weighted by atomic mass is 35.5. The van der Waals surface area contributed by atoms with E-state index in [0.717, 1.165) is 28.9 Å². The number of aromatic nitrogens is 2. The number of hydrogen-bond acceptors (Lipinski definition) is 2. The van der Waals surface area contributed by atoms with E-state index in [1.165, 1.54) is 0 Å². The van der Waals surface area contributed by atoms with Crippen molar-refractivity contribution in [3.05, 3.63) is 70.9 Å². The molecule has 104 valence electrons. The lowest BCUT2D eigenvalue weighted by molar-refractivity contribution is 0.112. The summed E-state index contributed by atoms with van der Waals surface area (Å²) in [6, 6.07) is 17.0. The van der Waals surface area contributed by atoms with Crippen LogP contribution in [-0.2, 0) is 0 Å². The predicted octanol–water partition coefficient (Wildman–Crippen LogP) is 4.31. The molecule has 0 spiro atoms. The topological polar surface area (TPSA) is 34.9 Å². The van der Waals surface area contributed by atoms with Gasteiger partial charge in [-0.05, 0) is 25.1 Å². The molecule has 0 N–H and O–H groups in total. The fraction of sp³-hybridized carbons (Fsp3) is 0.0588. The zero-order valence-corrected chi connectivity index (χ0v) is 12.2. The highest BCUT2D eigenvalue weighted by molar-refractivity contribution is 6.32. The van der Waals surface area contributed by atoms with Crippen LogP contribution in [0.3, 0.4) is 0 Å². The van der Waals surface area contributed by atoms with E-state index in [-0.39, 0.29) is 0 Å². The molecule has 1 aromatic heterocycles. The summed E-state index contributed by atoms with van der Waals surface area (Å²) in [5.41, 5.74) is 4.32. The summed E-state index contributed by atoms with van der Waals surface area (Å²) in [7, 11) is 0.